The van der Waals surface area contributed by atoms with Crippen LogP contribution in [0.1, 0.15) is 25.7 Å². The normalized spacial score (nSPS) is 15.5. The largest absolute Gasteiger partial charge is 0.331 e. The van der Waals surface area contributed by atoms with Gasteiger partial charge in [-0.2, -0.15) is 0 Å². The summed E-state index contributed by atoms with van der Waals surface area (Å²) in [6.45, 7) is 2.24. The van der Waals surface area contributed by atoms with Crippen molar-refractivity contribution in [2.45, 2.75) is 38.3 Å². The summed E-state index contributed by atoms with van der Waals surface area (Å²) in [7, 11) is 0. The van der Waals surface area contributed by atoms with Crippen molar-refractivity contribution < 1.29 is 0 Å². The van der Waals surface area contributed by atoms with Crippen molar-refractivity contribution in [1.29, 1.82) is 0 Å². The van der Waals surface area contributed by atoms with Crippen LogP contribution in [0.2, 0.25) is 0 Å². The maximum Gasteiger partial charge on any atom is 0.0958 e. The first kappa shape index (κ1) is 10.8. The predicted molar refractivity (Wildman–Crippen MR) is 70.0 cm³/mol. The van der Waals surface area contributed by atoms with E-state index >= 15 is 0 Å². The third-order valence-corrected chi connectivity index (χ3v) is 3.36. The van der Waals surface area contributed by atoms with Gasteiger partial charge in [-0.1, -0.05) is 12.1 Å². The zero-order chi connectivity index (χ0) is 11.5. The predicted octanol–water partition coefficient (Wildman–Crippen LogP) is 2.57. The Morgan fingerprint density at radius 3 is 3.00 bits per heavy atom. The summed E-state index contributed by atoms with van der Waals surface area (Å²) in [5.74, 6) is 0. The number of hydrogen-bond donors (Lipinski definition) is 1. The van der Waals surface area contributed by atoms with Crippen LogP contribution in [0.3, 0.4) is 0 Å². The van der Waals surface area contributed by atoms with Gasteiger partial charge in [0.25, 0.3) is 0 Å². The Hall–Kier alpha value is -1.35. The molecule has 1 N–H and O–H groups in total. The first-order chi connectivity index (χ1) is 8.43. The average Bonchev–Trinajstić information content (AvgIpc) is 3.09. The Morgan fingerprint density at radius 2 is 2.12 bits per heavy atom. The van der Waals surface area contributed by atoms with E-state index in [2.05, 4.69) is 33.1 Å². The van der Waals surface area contributed by atoms with Crippen molar-refractivity contribution in [1.82, 2.24) is 14.9 Å². The van der Waals surface area contributed by atoms with Gasteiger partial charge in [0.05, 0.1) is 17.4 Å². The van der Waals surface area contributed by atoms with Gasteiger partial charge in [-0.25, -0.2) is 4.98 Å². The smallest absolute Gasteiger partial charge is 0.0958 e. The van der Waals surface area contributed by atoms with E-state index in [4.69, 9.17) is 0 Å². The second-order valence-corrected chi connectivity index (χ2v) is 4.86. The molecule has 0 radical (unpaired) electrons. The van der Waals surface area contributed by atoms with Gasteiger partial charge in [0.1, 0.15) is 0 Å². The highest BCUT2D eigenvalue weighted by molar-refractivity contribution is 5.74. The molecule has 1 aromatic carbocycles. The summed E-state index contributed by atoms with van der Waals surface area (Å²) in [4.78, 5) is 4.40. The highest BCUT2D eigenvalue weighted by atomic mass is 15.0. The number of aromatic nitrogens is 2. The minimum Gasteiger partial charge on any atom is -0.331 e. The highest BCUT2D eigenvalue weighted by Crippen LogP contribution is 2.18. The second kappa shape index (κ2) is 4.88. The van der Waals surface area contributed by atoms with Gasteiger partial charge in [0.15, 0.2) is 0 Å². The number of hydrogen-bond acceptors (Lipinski definition) is 2. The van der Waals surface area contributed by atoms with Crippen LogP contribution in [0.5, 0.6) is 0 Å². The Labute approximate surface area is 102 Å². The van der Waals surface area contributed by atoms with Gasteiger partial charge in [-0.3, -0.25) is 0 Å². The van der Waals surface area contributed by atoms with Crippen molar-refractivity contribution in [3.05, 3.63) is 30.6 Å². The molecule has 3 rings (SSSR count). The topological polar surface area (TPSA) is 29.9 Å². The molecule has 90 valence electrons. The molecule has 17 heavy (non-hydrogen) atoms. The van der Waals surface area contributed by atoms with Crippen LogP contribution in [0.15, 0.2) is 30.6 Å². The number of rotatable bonds is 6. The fraction of sp³-hybridized carbons (Fsp3) is 0.500. The molecule has 0 unspecified atom stereocenters. The summed E-state index contributed by atoms with van der Waals surface area (Å²) in [6.07, 6.45) is 7.19. The molecule has 1 saturated carbocycles. The maximum absolute atomic E-state index is 4.40. The number of unbranched alkanes of at least 4 members (excludes halogenated alkanes) is 1. The van der Waals surface area contributed by atoms with E-state index in [1.807, 2.05) is 12.4 Å². The van der Waals surface area contributed by atoms with Gasteiger partial charge < -0.3 is 9.88 Å². The van der Waals surface area contributed by atoms with Gasteiger partial charge in [-0.15, -0.1) is 0 Å². The Bertz CT molecular complexity index is 485. The molecule has 0 aliphatic heterocycles. The molecule has 0 spiro atoms. The number of nitrogens with zero attached hydrogens (tertiary/aromatic N) is 2. The van der Waals surface area contributed by atoms with E-state index in [1.54, 1.807) is 0 Å². The number of nitrogens with one attached hydrogen (secondary N) is 1. The Balaban J connectivity index is 1.50. The standard InChI is InChI=1S/C14H19N3/c1-2-6-14-13(5-1)16-11-17(14)10-4-3-9-15-12-7-8-12/h1-2,5-6,11-12,15H,3-4,7-10H2. The molecule has 1 aliphatic carbocycles. The quantitative estimate of drug-likeness (QED) is 0.772. The zero-order valence-corrected chi connectivity index (χ0v) is 10.1. The van der Waals surface area contributed by atoms with E-state index in [1.165, 1.54) is 31.2 Å². The number of benzene rings is 1. The lowest BCUT2D eigenvalue weighted by molar-refractivity contribution is 0.573. The molecule has 0 saturated heterocycles. The van der Waals surface area contributed by atoms with E-state index in [-0.39, 0.29) is 0 Å². The summed E-state index contributed by atoms with van der Waals surface area (Å²) >= 11 is 0. The van der Waals surface area contributed by atoms with Crippen molar-refractivity contribution >= 4 is 11.0 Å². The van der Waals surface area contributed by atoms with E-state index in [9.17, 15) is 0 Å². The molecule has 1 aliphatic rings. The van der Waals surface area contributed by atoms with Gasteiger partial charge in [-0.05, 0) is 44.4 Å². The summed E-state index contributed by atoms with van der Waals surface area (Å²) in [5.41, 5.74) is 2.35. The molecule has 0 atom stereocenters. The first-order valence-electron chi connectivity index (χ1n) is 6.57. The molecule has 3 nitrogen and oxygen atoms in total. The molecule has 0 amide bonds. The number of aryl methyl sites for hydroxylation is 1. The first-order valence-corrected chi connectivity index (χ1v) is 6.57. The summed E-state index contributed by atoms with van der Waals surface area (Å²) in [6, 6.07) is 9.17. The highest BCUT2D eigenvalue weighted by Gasteiger charge is 2.19. The fourth-order valence-corrected chi connectivity index (χ4v) is 2.19. The van der Waals surface area contributed by atoms with Crippen LogP contribution < -0.4 is 5.32 Å². The van der Waals surface area contributed by atoms with Crippen molar-refractivity contribution in [2.24, 2.45) is 0 Å². The molecule has 0 bridgehead atoms. The van der Waals surface area contributed by atoms with Crippen LogP contribution >= 0.6 is 0 Å². The molecular weight excluding hydrogens is 210 g/mol. The van der Waals surface area contributed by atoms with E-state index in [0.717, 1.165) is 24.6 Å². The number of fused-ring (bicyclic) bond motifs is 1. The lowest BCUT2D eigenvalue weighted by Crippen LogP contribution is -2.17. The van der Waals surface area contributed by atoms with Crippen LogP contribution in [-0.2, 0) is 6.54 Å². The molecule has 1 heterocycles. The van der Waals surface area contributed by atoms with E-state index in [0.29, 0.717) is 0 Å². The number of para-hydroxylation sites is 2. The zero-order valence-electron chi connectivity index (χ0n) is 10.1. The van der Waals surface area contributed by atoms with Crippen molar-refractivity contribution in [3.63, 3.8) is 0 Å². The number of imidazole rings is 1. The summed E-state index contributed by atoms with van der Waals surface area (Å²) in [5, 5.41) is 3.55. The Kier molecular flexibility index (Phi) is 3.10. The van der Waals surface area contributed by atoms with Crippen LogP contribution in [0.25, 0.3) is 11.0 Å². The minimum atomic E-state index is 0.837. The monoisotopic (exact) mass is 229 g/mol. The second-order valence-electron chi connectivity index (χ2n) is 4.86. The van der Waals surface area contributed by atoms with Crippen LogP contribution in [0.4, 0.5) is 0 Å². The Morgan fingerprint density at radius 1 is 1.24 bits per heavy atom. The molecule has 2 aromatic rings. The van der Waals surface area contributed by atoms with Crippen LogP contribution in [0, 0.1) is 0 Å². The fourth-order valence-electron chi connectivity index (χ4n) is 2.19. The summed E-state index contributed by atoms with van der Waals surface area (Å²) < 4.78 is 2.26. The van der Waals surface area contributed by atoms with Crippen molar-refractivity contribution in [2.75, 3.05) is 6.54 Å². The lowest BCUT2D eigenvalue weighted by Gasteiger charge is -2.05. The third kappa shape index (κ3) is 2.67. The maximum atomic E-state index is 4.40. The van der Waals surface area contributed by atoms with Crippen LogP contribution in [-0.4, -0.2) is 22.1 Å². The third-order valence-electron chi connectivity index (χ3n) is 3.36. The van der Waals surface area contributed by atoms with Gasteiger partial charge >= 0.3 is 0 Å². The minimum absolute atomic E-state index is 0.837. The molecular formula is C14H19N3. The lowest BCUT2D eigenvalue weighted by atomic mass is 10.3. The molecule has 3 heteroatoms. The van der Waals surface area contributed by atoms with Gasteiger partial charge in [0, 0.05) is 12.6 Å². The van der Waals surface area contributed by atoms with E-state index < -0.39 is 0 Å². The van der Waals surface area contributed by atoms with Crippen molar-refractivity contribution in [3.8, 4) is 0 Å². The molecule has 1 fully saturated rings. The SMILES string of the molecule is c1ccc2c(c1)ncn2CCCCNC1CC1. The molecule has 1 aromatic heterocycles. The average molecular weight is 229 g/mol. The van der Waals surface area contributed by atoms with Gasteiger partial charge in [0.2, 0.25) is 0 Å².